The van der Waals surface area contributed by atoms with Gasteiger partial charge in [0.2, 0.25) is 0 Å². The zero-order valence-corrected chi connectivity index (χ0v) is 16.2. The smallest absolute Gasteiger partial charge is 0.319 e. The van der Waals surface area contributed by atoms with Crippen LogP contribution < -0.4 is 10.6 Å². The minimum Gasteiger partial charge on any atom is -0.335 e. The van der Waals surface area contributed by atoms with E-state index in [0.29, 0.717) is 0 Å². The van der Waals surface area contributed by atoms with Crippen LogP contribution in [0.25, 0.3) is 0 Å². The molecular weight excluding hydrogens is 402 g/mol. The summed E-state index contributed by atoms with van der Waals surface area (Å²) in [7, 11) is 0. The lowest BCUT2D eigenvalue weighted by atomic mass is 10.0. The summed E-state index contributed by atoms with van der Waals surface area (Å²) >= 11 is 9.31. The molecule has 25 heavy (non-hydrogen) atoms. The summed E-state index contributed by atoms with van der Waals surface area (Å²) < 4.78 is 0.992. The predicted molar refractivity (Wildman–Crippen MR) is 106 cm³/mol. The van der Waals surface area contributed by atoms with Crippen LogP contribution in [0.3, 0.4) is 0 Å². The van der Waals surface area contributed by atoms with Crippen LogP contribution in [0.4, 0.5) is 10.5 Å². The minimum absolute atomic E-state index is 0.140. The molecular formula is C19H21BrClN3O. The van der Waals surface area contributed by atoms with Crippen molar-refractivity contribution in [3.63, 3.8) is 0 Å². The Bertz CT molecular complexity index is 698. The largest absolute Gasteiger partial charge is 0.335 e. The summed E-state index contributed by atoms with van der Waals surface area (Å²) in [5.41, 5.74) is 2.06. The van der Waals surface area contributed by atoms with E-state index in [2.05, 4.69) is 43.6 Å². The first-order chi connectivity index (χ1) is 12.1. The van der Waals surface area contributed by atoms with Crippen LogP contribution in [0.2, 0.25) is 5.02 Å². The van der Waals surface area contributed by atoms with E-state index in [0.717, 1.165) is 47.7 Å². The van der Waals surface area contributed by atoms with Gasteiger partial charge in [-0.15, -0.1) is 0 Å². The van der Waals surface area contributed by atoms with Crippen LogP contribution >= 0.6 is 27.5 Å². The molecule has 0 bridgehead atoms. The Labute approximate surface area is 161 Å². The summed E-state index contributed by atoms with van der Waals surface area (Å²) in [4.78, 5) is 14.5. The molecule has 1 aliphatic heterocycles. The summed E-state index contributed by atoms with van der Waals surface area (Å²) in [6, 6.07) is 15.6. The van der Waals surface area contributed by atoms with Crippen LogP contribution in [0.15, 0.2) is 53.0 Å². The highest BCUT2D eigenvalue weighted by atomic mass is 79.9. The number of amides is 2. The number of nitrogens with one attached hydrogen (secondary N) is 2. The summed E-state index contributed by atoms with van der Waals surface area (Å²) in [6.07, 6.45) is 1.92. The van der Waals surface area contributed by atoms with Gasteiger partial charge in [0.15, 0.2) is 0 Å². The molecule has 4 nitrogen and oxygen atoms in total. The lowest BCUT2D eigenvalue weighted by molar-refractivity contribution is 0.190. The summed E-state index contributed by atoms with van der Waals surface area (Å²) in [5, 5.41) is 6.71. The SMILES string of the molecule is O=C(Nc1ccc(Br)cc1)NC1CCN(Cc2ccc(Cl)cc2)CC1. The fraction of sp³-hybridized carbons (Fsp3) is 0.316. The third-order valence-electron chi connectivity index (χ3n) is 4.34. The van der Waals surface area contributed by atoms with Crippen LogP contribution in [-0.4, -0.2) is 30.1 Å². The molecule has 2 amide bonds. The van der Waals surface area contributed by atoms with E-state index in [1.807, 2.05) is 36.4 Å². The maximum atomic E-state index is 12.1. The van der Waals surface area contributed by atoms with Gasteiger partial charge in [-0.2, -0.15) is 0 Å². The number of carbonyl (C=O) groups is 1. The normalized spacial score (nSPS) is 15.8. The molecule has 6 heteroatoms. The number of hydrogen-bond donors (Lipinski definition) is 2. The molecule has 0 unspecified atom stereocenters. The number of anilines is 1. The van der Waals surface area contributed by atoms with E-state index < -0.39 is 0 Å². The van der Waals surface area contributed by atoms with E-state index >= 15 is 0 Å². The van der Waals surface area contributed by atoms with Crippen LogP contribution in [-0.2, 0) is 6.54 Å². The van der Waals surface area contributed by atoms with Gasteiger partial charge in [0.25, 0.3) is 0 Å². The molecule has 2 N–H and O–H groups in total. The van der Waals surface area contributed by atoms with Crippen molar-refractivity contribution >= 4 is 39.2 Å². The number of nitrogens with zero attached hydrogens (tertiary/aromatic N) is 1. The van der Waals surface area contributed by atoms with Gasteiger partial charge in [0.1, 0.15) is 0 Å². The Hall–Kier alpha value is -1.56. The minimum atomic E-state index is -0.140. The first-order valence-corrected chi connectivity index (χ1v) is 9.55. The Morgan fingerprint density at radius 1 is 1.08 bits per heavy atom. The van der Waals surface area contributed by atoms with E-state index in [9.17, 15) is 4.79 Å². The van der Waals surface area contributed by atoms with Gasteiger partial charge < -0.3 is 10.6 Å². The molecule has 3 rings (SSSR count). The molecule has 0 atom stereocenters. The zero-order chi connectivity index (χ0) is 17.6. The van der Waals surface area contributed by atoms with Gasteiger partial charge in [0.05, 0.1) is 0 Å². The number of rotatable bonds is 4. The number of piperidine rings is 1. The van der Waals surface area contributed by atoms with Crippen molar-refractivity contribution < 1.29 is 4.79 Å². The Balaban J connectivity index is 1.42. The van der Waals surface area contributed by atoms with Crippen molar-refractivity contribution in [3.05, 3.63) is 63.6 Å². The third-order valence-corrected chi connectivity index (χ3v) is 5.12. The number of halogens is 2. The quantitative estimate of drug-likeness (QED) is 0.737. The van der Waals surface area contributed by atoms with E-state index in [-0.39, 0.29) is 12.1 Å². The number of urea groups is 1. The van der Waals surface area contributed by atoms with Gasteiger partial charge in [0, 0.05) is 40.9 Å². The van der Waals surface area contributed by atoms with Crippen LogP contribution in [0.1, 0.15) is 18.4 Å². The zero-order valence-electron chi connectivity index (χ0n) is 13.8. The van der Waals surface area contributed by atoms with Gasteiger partial charge >= 0.3 is 6.03 Å². The molecule has 132 valence electrons. The van der Waals surface area contributed by atoms with Gasteiger partial charge in [-0.25, -0.2) is 4.79 Å². The number of benzene rings is 2. The molecule has 2 aromatic rings. The van der Waals surface area contributed by atoms with Crippen molar-refractivity contribution in [2.75, 3.05) is 18.4 Å². The van der Waals surface area contributed by atoms with E-state index in [1.165, 1.54) is 5.56 Å². The Kier molecular flexibility index (Phi) is 6.34. The second kappa shape index (κ2) is 8.70. The van der Waals surface area contributed by atoms with Gasteiger partial charge in [-0.1, -0.05) is 39.7 Å². The fourth-order valence-electron chi connectivity index (χ4n) is 2.97. The average Bonchev–Trinajstić information content (AvgIpc) is 2.61. The number of hydrogen-bond acceptors (Lipinski definition) is 2. The number of carbonyl (C=O) groups excluding carboxylic acids is 1. The fourth-order valence-corrected chi connectivity index (χ4v) is 3.36. The lowest BCUT2D eigenvalue weighted by Gasteiger charge is -2.32. The van der Waals surface area contributed by atoms with Gasteiger partial charge in [-0.3, -0.25) is 4.90 Å². The molecule has 1 heterocycles. The topological polar surface area (TPSA) is 44.4 Å². The summed E-state index contributed by atoms with van der Waals surface area (Å²) in [6.45, 7) is 2.88. The van der Waals surface area contributed by atoms with Gasteiger partial charge in [-0.05, 0) is 54.8 Å². The van der Waals surface area contributed by atoms with E-state index in [1.54, 1.807) is 0 Å². The van der Waals surface area contributed by atoms with E-state index in [4.69, 9.17) is 11.6 Å². The predicted octanol–water partition coefficient (Wildman–Crippen LogP) is 4.89. The standard InChI is InChI=1S/C19H21BrClN3O/c20-15-3-7-17(8-4-15)22-19(25)23-18-9-11-24(12-10-18)13-14-1-5-16(21)6-2-14/h1-8,18H,9-13H2,(H2,22,23,25). The van der Waals surface area contributed by atoms with Crippen molar-refractivity contribution in [2.45, 2.75) is 25.4 Å². The van der Waals surface area contributed by atoms with Crippen LogP contribution in [0, 0.1) is 0 Å². The second-order valence-electron chi connectivity index (χ2n) is 6.28. The molecule has 1 fully saturated rings. The number of likely N-dealkylation sites (tertiary alicyclic amines) is 1. The third kappa shape index (κ3) is 5.73. The molecule has 0 saturated carbocycles. The van der Waals surface area contributed by atoms with Crippen molar-refractivity contribution in [1.82, 2.24) is 10.2 Å². The first kappa shape index (κ1) is 18.2. The van der Waals surface area contributed by atoms with Crippen molar-refractivity contribution in [3.8, 4) is 0 Å². The lowest BCUT2D eigenvalue weighted by Crippen LogP contribution is -2.45. The molecule has 1 saturated heterocycles. The molecule has 2 aromatic carbocycles. The second-order valence-corrected chi connectivity index (χ2v) is 7.63. The molecule has 0 aliphatic carbocycles. The average molecular weight is 423 g/mol. The Morgan fingerprint density at radius 3 is 2.36 bits per heavy atom. The maximum absolute atomic E-state index is 12.1. The monoisotopic (exact) mass is 421 g/mol. The highest BCUT2D eigenvalue weighted by molar-refractivity contribution is 9.10. The first-order valence-electron chi connectivity index (χ1n) is 8.38. The summed E-state index contributed by atoms with van der Waals surface area (Å²) in [5.74, 6) is 0. The Morgan fingerprint density at radius 2 is 1.72 bits per heavy atom. The van der Waals surface area contributed by atoms with Crippen molar-refractivity contribution in [1.29, 1.82) is 0 Å². The molecule has 0 spiro atoms. The maximum Gasteiger partial charge on any atom is 0.319 e. The molecule has 0 aromatic heterocycles. The van der Waals surface area contributed by atoms with Crippen LogP contribution in [0.5, 0.6) is 0 Å². The highest BCUT2D eigenvalue weighted by Gasteiger charge is 2.20. The highest BCUT2D eigenvalue weighted by Crippen LogP contribution is 2.17. The molecule has 1 aliphatic rings. The molecule has 0 radical (unpaired) electrons. The van der Waals surface area contributed by atoms with Crippen molar-refractivity contribution in [2.24, 2.45) is 0 Å².